The summed E-state index contributed by atoms with van der Waals surface area (Å²) in [6.07, 6.45) is 2.65. The van der Waals surface area contributed by atoms with Crippen LogP contribution in [0.5, 0.6) is 0 Å². The first kappa shape index (κ1) is 34.4. The van der Waals surface area contributed by atoms with Crippen LogP contribution < -0.4 is 22.1 Å². The first-order valence-electron chi connectivity index (χ1n) is 12.4. The molecule has 2 amide bonds. The van der Waals surface area contributed by atoms with E-state index in [4.69, 9.17) is 16.2 Å². The third-order valence-electron chi connectivity index (χ3n) is 4.37. The number of ether oxygens (including phenoxy) is 1. The second kappa shape index (κ2) is 21.7. The lowest BCUT2D eigenvalue weighted by molar-refractivity contribution is -0.151. The lowest BCUT2D eigenvalue weighted by atomic mass is 10.1. The molecule has 2 unspecified atom stereocenters. The van der Waals surface area contributed by atoms with E-state index in [1.165, 1.54) is 19.8 Å². The largest absolute Gasteiger partial charge is 0.461 e. The number of nitrogens with two attached hydrogens (primary N) is 2. The minimum absolute atomic E-state index is 0.100. The summed E-state index contributed by atoms with van der Waals surface area (Å²) >= 11 is 0. The van der Waals surface area contributed by atoms with Crippen LogP contribution in [0.2, 0.25) is 0 Å². The van der Waals surface area contributed by atoms with E-state index in [0.717, 1.165) is 12.1 Å². The summed E-state index contributed by atoms with van der Waals surface area (Å²) in [5, 5.41) is 4.96. The first-order chi connectivity index (χ1) is 16.6. The van der Waals surface area contributed by atoms with Crippen LogP contribution in [0, 0.1) is 0 Å². The van der Waals surface area contributed by atoms with Crippen molar-refractivity contribution in [3.8, 4) is 0 Å². The van der Waals surface area contributed by atoms with E-state index in [0.29, 0.717) is 6.42 Å². The molecule has 0 bridgehead atoms. The van der Waals surface area contributed by atoms with Crippen LogP contribution >= 0.6 is 0 Å². The van der Waals surface area contributed by atoms with E-state index in [2.05, 4.69) is 17.6 Å². The van der Waals surface area contributed by atoms with Gasteiger partial charge in [-0.05, 0) is 52.1 Å². The van der Waals surface area contributed by atoms with Crippen LogP contribution in [0.25, 0.3) is 0 Å². The molecule has 6 N–H and O–H groups in total. The number of Topliss-reactive ketones (excluding diaryl/α,β-unsaturated/α-hetero) is 1. The monoisotopic (exact) mass is 494 g/mol. The van der Waals surface area contributed by atoms with Gasteiger partial charge < -0.3 is 31.6 Å². The molecule has 2 atom stereocenters. The molecular weight excluding hydrogens is 448 g/mol. The Morgan fingerprint density at radius 1 is 1.06 bits per heavy atom. The molecule has 0 saturated carbocycles. The predicted octanol–water partition coefficient (Wildman–Crippen LogP) is 2.25. The standard InChI is InChI=1S/C20H29N3O5.C4H11N.C2H6/c1-13(2)28-20(27)17(10-9-14(3)24)23-18(25)12-22-19(26)16(21)11-15-7-5-4-6-8-15;1-2-3-4-5;1-2/h4-8,13,16-17H,9-12,21H2,1-3H3,(H,22,26)(H,23,25);2-5H2,1H3;1-2H3. The van der Waals surface area contributed by atoms with Crippen molar-refractivity contribution in [3.63, 3.8) is 0 Å². The summed E-state index contributed by atoms with van der Waals surface area (Å²) in [5.41, 5.74) is 11.9. The van der Waals surface area contributed by atoms with E-state index in [1.54, 1.807) is 13.8 Å². The average molecular weight is 495 g/mol. The molecule has 0 aromatic heterocycles. The Labute approximate surface area is 210 Å². The summed E-state index contributed by atoms with van der Waals surface area (Å²) in [4.78, 5) is 47.5. The van der Waals surface area contributed by atoms with Crippen molar-refractivity contribution in [1.29, 1.82) is 0 Å². The zero-order valence-electron chi connectivity index (χ0n) is 22.3. The van der Waals surface area contributed by atoms with Crippen LogP contribution in [0.1, 0.15) is 72.8 Å². The average Bonchev–Trinajstić information content (AvgIpc) is 2.82. The molecule has 1 rings (SSSR count). The SMILES string of the molecule is CC.CC(=O)CCC(NC(=O)CNC(=O)C(N)Cc1ccccc1)C(=O)OC(C)C.CCCCN. The molecule has 9 nitrogen and oxygen atoms in total. The molecule has 1 aromatic rings. The van der Waals surface area contributed by atoms with Crippen LogP contribution in [0.4, 0.5) is 0 Å². The number of rotatable bonds is 13. The number of esters is 1. The molecule has 0 aliphatic rings. The summed E-state index contributed by atoms with van der Waals surface area (Å²) in [7, 11) is 0. The van der Waals surface area contributed by atoms with Gasteiger partial charge in [0, 0.05) is 6.42 Å². The molecule has 1 aromatic carbocycles. The van der Waals surface area contributed by atoms with Crippen molar-refractivity contribution < 1.29 is 23.9 Å². The fraction of sp³-hybridized carbons (Fsp3) is 0.615. The third-order valence-corrected chi connectivity index (χ3v) is 4.37. The van der Waals surface area contributed by atoms with Gasteiger partial charge in [0.15, 0.2) is 0 Å². The zero-order chi connectivity index (χ0) is 27.2. The van der Waals surface area contributed by atoms with Crippen molar-refractivity contribution in [2.75, 3.05) is 13.1 Å². The van der Waals surface area contributed by atoms with Crippen LogP contribution in [-0.2, 0) is 30.3 Å². The van der Waals surface area contributed by atoms with Gasteiger partial charge in [-0.2, -0.15) is 0 Å². The number of hydrogen-bond acceptors (Lipinski definition) is 7. The van der Waals surface area contributed by atoms with Gasteiger partial charge in [0.1, 0.15) is 11.8 Å². The quantitative estimate of drug-likeness (QED) is 0.307. The number of hydrogen-bond donors (Lipinski definition) is 4. The van der Waals surface area contributed by atoms with Crippen LogP contribution in [-0.4, -0.2) is 54.8 Å². The van der Waals surface area contributed by atoms with Gasteiger partial charge in [0.05, 0.1) is 18.7 Å². The van der Waals surface area contributed by atoms with Crippen LogP contribution in [0.3, 0.4) is 0 Å². The highest BCUT2D eigenvalue weighted by molar-refractivity contribution is 5.90. The lowest BCUT2D eigenvalue weighted by Gasteiger charge is -2.19. The maximum absolute atomic E-state index is 12.1. The van der Waals surface area contributed by atoms with Gasteiger partial charge in [0.2, 0.25) is 11.8 Å². The minimum atomic E-state index is -0.950. The molecule has 0 heterocycles. The van der Waals surface area contributed by atoms with Gasteiger partial charge in [-0.15, -0.1) is 0 Å². The Bertz CT molecular complexity index is 724. The predicted molar refractivity (Wildman–Crippen MR) is 140 cm³/mol. The number of amides is 2. The number of unbranched alkanes of at least 4 members (excludes halogenated alkanes) is 1. The van der Waals surface area contributed by atoms with Crippen molar-refractivity contribution in [3.05, 3.63) is 35.9 Å². The Morgan fingerprint density at radius 3 is 2.11 bits per heavy atom. The summed E-state index contributed by atoms with van der Waals surface area (Å²) in [6, 6.07) is 7.55. The molecule has 0 radical (unpaired) electrons. The second-order valence-electron chi connectivity index (χ2n) is 8.00. The van der Waals surface area contributed by atoms with Crippen molar-refractivity contribution in [1.82, 2.24) is 10.6 Å². The fourth-order valence-electron chi connectivity index (χ4n) is 2.62. The molecule has 200 valence electrons. The summed E-state index contributed by atoms with van der Waals surface area (Å²) in [5.74, 6) is -1.74. The van der Waals surface area contributed by atoms with E-state index in [-0.39, 0.29) is 31.3 Å². The molecule has 0 aliphatic heterocycles. The smallest absolute Gasteiger partial charge is 0.328 e. The number of nitrogens with one attached hydrogen (secondary N) is 2. The normalized spacial score (nSPS) is 11.6. The van der Waals surface area contributed by atoms with E-state index in [9.17, 15) is 19.2 Å². The highest BCUT2D eigenvalue weighted by atomic mass is 16.5. The Hall–Kier alpha value is -2.78. The van der Waals surface area contributed by atoms with Gasteiger partial charge in [-0.25, -0.2) is 4.79 Å². The maximum Gasteiger partial charge on any atom is 0.328 e. The van der Waals surface area contributed by atoms with E-state index >= 15 is 0 Å². The zero-order valence-corrected chi connectivity index (χ0v) is 22.3. The molecular formula is C26H46N4O5. The topological polar surface area (TPSA) is 154 Å². The minimum Gasteiger partial charge on any atom is -0.461 e. The molecule has 0 aliphatic carbocycles. The number of carbonyl (C=O) groups is 4. The Balaban J connectivity index is 0. The summed E-state index contributed by atoms with van der Waals surface area (Å²) < 4.78 is 5.10. The Kier molecular flexibility index (Phi) is 21.4. The number of ketones is 1. The summed E-state index contributed by atoms with van der Waals surface area (Å²) in [6.45, 7) is 11.4. The lowest BCUT2D eigenvalue weighted by Crippen LogP contribution is -2.49. The number of carbonyl (C=O) groups excluding carboxylic acids is 4. The van der Waals surface area contributed by atoms with Crippen LogP contribution in [0.15, 0.2) is 30.3 Å². The fourth-order valence-corrected chi connectivity index (χ4v) is 2.62. The van der Waals surface area contributed by atoms with Gasteiger partial charge in [-0.3, -0.25) is 9.59 Å². The number of benzene rings is 1. The van der Waals surface area contributed by atoms with E-state index in [1.807, 2.05) is 44.2 Å². The van der Waals surface area contributed by atoms with E-state index < -0.39 is 29.9 Å². The highest BCUT2D eigenvalue weighted by Crippen LogP contribution is 2.04. The van der Waals surface area contributed by atoms with Crippen molar-refractivity contribution >= 4 is 23.6 Å². The van der Waals surface area contributed by atoms with Crippen molar-refractivity contribution in [2.45, 2.75) is 91.8 Å². The third kappa shape index (κ3) is 19.2. The highest BCUT2D eigenvalue weighted by Gasteiger charge is 2.24. The molecule has 0 fully saturated rings. The van der Waals surface area contributed by atoms with Gasteiger partial charge in [0.25, 0.3) is 0 Å². The van der Waals surface area contributed by atoms with Crippen molar-refractivity contribution in [2.24, 2.45) is 11.5 Å². The first-order valence-corrected chi connectivity index (χ1v) is 12.4. The molecule has 9 heteroatoms. The molecule has 0 saturated heterocycles. The Morgan fingerprint density at radius 2 is 1.66 bits per heavy atom. The second-order valence-corrected chi connectivity index (χ2v) is 8.00. The maximum atomic E-state index is 12.1. The molecule has 0 spiro atoms. The van der Waals surface area contributed by atoms with Gasteiger partial charge >= 0.3 is 5.97 Å². The molecule has 35 heavy (non-hydrogen) atoms. The van der Waals surface area contributed by atoms with Gasteiger partial charge in [-0.1, -0.05) is 57.5 Å².